The minimum absolute atomic E-state index is 0. The fraction of sp³-hybridized carbons (Fsp3) is 0.600. The number of benzene rings is 1. The van der Waals surface area contributed by atoms with Crippen LogP contribution in [0, 0.1) is 12.8 Å². The standard InChI is InChI=1S/C20H30N4O2.HI/c1-3-21-20(23-11-10-22-19(25)16-8-9-16)24-12-13-26-18(14-24)17-7-5-4-6-15(17)2;/h4-7,16,18H,3,8-14H2,1-2H3,(H,21,23)(H,22,25);1H. The fourth-order valence-electron chi connectivity index (χ4n) is 3.23. The van der Waals surface area contributed by atoms with Gasteiger partial charge in [-0.15, -0.1) is 24.0 Å². The van der Waals surface area contributed by atoms with Crippen LogP contribution in [0.2, 0.25) is 0 Å². The second kappa shape index (κ2) is 10.8. The third kappa shape index (κ3) is 6.34. The van der Waals surface area contributed by atoms with Crippen molar-refractivity contribution < 1.29 is 9.53 Å². The molecule has 1 unspecified atom stereocenters. The van der Waals surface area contributed by atoms with Crippen LogP contribution < -0.4 is 10.6 Å². The van der Waals surface area contributed by atoms with Gasteiger partial charge in [-0.1, -0.05) is 24.3 Å². The van der Waals surface area contributed by atoms with Gasteiger partial charge in [0.2, 0.25) is 5.91 Å². The van der Waals surface area contributed by atoms with E-state index in [1.165, 1.54) is 11.1 Å². The highest BCUT2D eigenvalue weighted by atomic mass is 127. The molecule has 1 saturated heterocycles. The SMILES string of the molecule is CCNC(=NCCNC(=O)C1CC1)N1CCOC(c2ccccc2C)C1.I. The molecule has 1 aliphatic carbocycles. The summed E-state index contributed by atoms with van der Waals surface area (Å²) in [4.78, 5) is 18.7. The predicted octanol–water partition coefficient (Wildman–Crippen LogP) is 2.48. The molecule has 0 radical (unpaired) electrons. The molecular formula is C20H31IN4O2. The van der Waals surface area contributed by atoms with E-state index in [0.29, 0.717) is 19.7 Å². The number of aryl methyl sites for hydroxylation is 1. The van der Waals surface area contributed by atoms with Crippen molar-refractivity contribution in [2.24, 2.45) is 10.9 Å². The number of carbonyl (C=O) groups excluding carboxylic acids is 1. The quantitative estimate of drug-likeness (QED) is 0.281. The third-order valence-electron chi connectivity index (χ3n) is 4.86. The number of halogens is 1. The first-order valence-electron chi connectivity index (χ1n) is 9.67. The van der Waals surface area contributed by atoms with E-state index < -0.39 is 0 Å². The monoisotopic (exact) mass is 486 g/mol. The average Bonchev–Trinajstić information content (AvgIpc) is 3.50. The Bertz CT molecular complexity index is 649. The molecule has 2 fully saturated rings. The van der Waals surface area contributed by atoms with Gasteiger partial charge in [-0.05, 0) is 37.8 Å². The number of guanidine groups is 1. The van der Waals surface area contributed by atoms with Crippen molar-refractivity contribution in [1.29, 1.82) is 0 Å². The summed E-state index contributed by atoms with van der Waals surface area (Å²) in [5.74, 6) is 1.33. The molecule has 1 amide bonds. The van der Waals surface area contributed by atoms with E-state index in [1.54, 1.807) is 0 Å². The molecule has 1 aliphatic heterocycles. The van der Waals surface area contributed by atoms with E-state index in [9.17, 15) is 4.79 Å². The topological polar surface area (TPSA) is 66.0 Å². The number of aliphatic imine (C=N–C) groups is 1. The molecule has 27 heavy (non-hydrogen) atoms. The van der Waals surface area contributed by atoms with Gasteiger partial charge in [-0.2, -0.15) is 0 Å². The van der Waals surface area contributed by atoms with Gasteiger partial charge >= 0.3 is 0 Å². The lowest BCUT2D eigenvalue weighted by atomic mass is 10.0. The smallest absolute Gasteiger partial charge is 0.223 e. The molecule has 2 aliphatic rings. The summed E-state index contributed by atoms with van der Waals surface area (Å²) in [6, 6.07) is 8.38. The number of carbonyl (C=O) groups is 1. The second-order valence-electron chi connectivity index (χ2n) is 6.96. The Kier molecular flexibility index (Phi) is 8.82. The number of rotatable bonds is 6. The number of hydrogen-bond acceptors (Lipinski definition) is 3. The number of hydrogen-bond donors (Lipinski definition) is 2. The largest absolute Gasteiger partial charge is 0.370 e. The maximum absolute atomic E-state index is 11.7. The summed E-state index contributed by atoms with van der Waals surface area (Å²) >= 11 is 0. The Labute approximate surface area is 179 Å². The summed E-state index contributed by atoms with van der Waals surface area (Å²) in [6.45, 7) is 8.49. The van der Waals surface area contributed by atoms with Gasteiger partial charge in [0.1, 0.15) is 6.10 Å². The van der Waals surface area contributed by atoms with Crippen LogP contribution in [0.15, 0.2) is 29.3 Å². The Hall–Kier alpha value is -1.35. The lowest BCUT2D eigenvalue weighted by Gasteiger charge is -2.35. The summed E-state index contributed by atoms with van der Waals surface area (Å²) in [7, 11) is 0. The zero-order valence-corrected chi connectivity index (χ0v) is 18.6. The molecule has 1 heterocycles. The first-order chi connectivity index (χ1) is 12.7. The molecule has 3 rings (SSSR count). The van der Waals surface area contributed by atoms with E-state index in [0.717, 1.165) is 38.4 Å². The minimum atomic E-state index is 0. The number of amides is 1. The summed E-state index contributed by atoms with van der Waals surface area (Å²) in [6.07, 6.45) is 2.13. The Morgan fingerprint density at radius 3 is 2.78 bits per heavy atom. The molecule has 0 bridgehead atoms. The number of morpholine rings is 1. The van der Waals surface area contributed by atoms with Crippen LogP contribution in [-0.2, 0) is 9.53 Å². The van der Waals surface area contributed by atoms with Gasteiger partial charge in [-0.3, -0.25) is 9.79 Å². The lowest BCUT2D eigenvalue weighted by Crippen LogP contribution is -2.48. The third-order valence-corrected chi connectivity index (χ3v) is 4.86. The molecule has 6 nitrogen and oxygen atoms in total. The van der Waals surface area contributed by atoms with E-state index in [2.05, 4.69) is 53.6 Å². The second-order valence-corrected chi connectivity index (χ2v) is 6.96. The van der Waals surface area contributed by atoms with Gasteiger partial charge in [0, 0.05) is 25.6 Å². The van der Waals surface area contributed by atoms with Crippen LogP contribution in [0.4, 0.5) is 0 Å². The molecule has 1 saturated carbocycles. The lowest BCUT2D eigenvalue weighted by molar-refractivity contribution is -0.122. The molecule has 1 aromatic carbocycles. The van der Waals surface area contributed by atoms with Crippen molar-refractivity contribution in [1.82, 2.24) is 15.5 Å². The molecule has 0 spiro atoms. The van der Waals surface area contributed by atoms with Gasteiger partial charge in [0.25, 0.3) is 0 Å². The first-order valence-corrected chi connectivity index (χ1v) is 9.67. The molecule has 0 aromatic heterocycles. The van der Waals surface area contributed by atoms with Crippen molar-refractivity contribution in [2.75, 3.05) is 39.3 Å². The van der Waals surface area contributed by atoms with Crippen molar-refractivity contribution >= 4 is 35.8 Å². The molecule has 150 valence electrons. The summed E-state index contributed by atoms with van der Waals surface area (Å²) in [5, 5.41) is 6.34. The zero-order valence-electron chi connectivity index (χ0n) is 16.2. The number of nitrogens with zero attached hydrogens (tertiary/aromatic N) is 2. The van der Waals surface area contributed by atoms with Crippen molar-refractivity contribution in [3.63, 3.8) is 0 Å². The Balaban J connectivity index is 0.00000261. The van der Waals surface area contributed by atoms with Gasteiger partial charge in [-0.25, -0.2) is 0 Å². The highest BCUT2D eigenvalue weighted by molar-refractivity contribution is 14.0. The molecule has 1 atom stereocenters. The van der Waals surface area contributed by atoms with E-state index in [4.69, 9.17) is 9.73 Å². The van der Waals surface area contributed by atoms with Gasteiger partial charge in [0.05, 0.1) is 19.7 Å². The molecule has 1 aromatic rings. The van der Waals surface area contributed by atoms with Crippen LogP contribution in [0.5, 0.6) is 0 Å². The minimum Gasteiger partial charge on any atom is -0.370 e. The van der Waals surface area contributed by atoms with Crippen LogP contribution in [0.25, 0.3) is 0 Å². The van der Waals surface area contributed by atoms with Crippen molar-refractivity contribution in [3.8, 4) is 0 Å². The Morgan fingerprint density at radius 2 is 2.07 bits per heavy atom. The Morgan fingerprint density at radius 1 is 1.30 bits per heavy atom. The summed E-state index contributed by atoms with van der Waals surface area (Å²) < 4.78 is 6.01. The zero-order chi connectivity index (χ0) is 18.4. The number of ether oxygens (including phenoxy) is 1. The predicted molar refractivity (Wildman–Crippen MR) is 119 cm³/mol. The first kappa shape index (κ1) is 21.9. The molecule has 7 heteroatoms. The van der Waals surface area contributed by atoms with Crippen molar-refractivity contribution in [3.05, 3.63) is 35.4 Å². The maximum Gasteiger partial charge on any atom is 0.223 e. The van der Waals surface area contributed by atoms with Crippen LogP contribution >= 0.6 is 24.0 Å². The van der Waals surface area contributed by atoms with Crippen LogP contribution in [-0.4, -0.2) is 56.1 Å². The normalized spacial score (nSPS) is 20.0. The van der Waals surface area contributed by atoms with Crippen LogP contribution in [0.3, 0.4) is 0 Å². The maximum atomic E-state index is 11.7. The van der Waals surface area contributed by atoms with Crippen molar-refractivity contribution in [2.45, 2.75) is 32.8 Å². The molecule has 2 N–H and O–H groups in total. The highest BCUT2D eigenvalue weighted by Crippen LogP contribution is 2.28. The average molecular weight is 486 g/mol. The van der Waals surface area contributed by atoms with E-state index in [1.807, 2.05) is 0 Å². The number of nitrogens with one attached hydrogen (secondary N) is 2. The van der Waals surface area contributed by atoms with Gasteiger partial charge < -0.3 is 20.3 Å². The highest BCUT2D eigenvalue weighted by Gasteiger charge is 2.29. The van der Waals surface area contributed by atoms with Crippen LogP contribution in [0.1, 0.15) is 37.0 Å². The fourth-order valence-corrected chi connectivity index (χ4v) is 3.23. The summed E-state index contributed by atoms with van der Waals surface area (Å²) in [5.41, 5.74) is 2.49. The van der Waals surface area contributed by atoms with Gasteiger partial charge in [0.15, 0.2) is 5.96 Å². The van der Waals surface area contributed by atoms with E-state index in [-0.39, 0.29) is 41.9 Å². The van der Waals surface area contributed by atoms with E-state index >= 15 is 0 Å². The molecular weight excluding hydrogens is 455 g/mol.